The Kier molecular flexibility index (Phi) is 19.9. The average Bonchev–Trinajstić information content (AvgIpc) is 0.918. The summed E-state index contributed by atoms with van der Waals surface area (Å²) in [5, 5.41) is 0. The van der Waals surface area contributed by atoms with Crippen molar-refractivity contribution in [3.8, 4) is 0 Å². The molecule has 4 heavy (non-hydrogen) atoms. The smallest absolute Gasteiger partial charge is 0.0832 e. The molecule has 0 aromatic rings. The van der Waals surface area contributed by atoms with Crippen molar-refractivity contribution >= 4 is 23.7 Å². The van der Waals surface area contributed by atoms with Crippen LogP contribution in [0.3, 0.4) is 0 Å². The van der Waals surface area contributed by atoms with E-state index in [1.165, 1.54) is 0 Å². The monoisotopic (exact) mass is 270 g/mol. The molecule has 0 aliphatic carbocycles. The second kappa shape index (κ2) is 8.87. The molecule has 0 saturated heterocycles. The Bertz CT molecular complexity index is 6.00. The number of hydrogen-bond donors (Lipinski definition) is 0. The van der Waals surface area contributed by atoms with E-state index in [9.17, 15) is 0 Å². The van der Waals surface area contributed by atoms with Crippen molar-refractivity contribution in [2.24, 2.45) is 0 Å². The molecule has 0 radical (unpaired) electrons. The molecule has 0 amide bonds. The van der Waals surface area contributed by atoms with E-state index in [1.54, 1.807) is 0 Å². The van der Waals surface area contributed by atoms with Crippen LogP contribution in [0.25, 0.3) is 0 Å². The van der Waals surface area contributed by atoms with Gasteiger partial charge < -0.3 is 0 Å². The quantitative estimate of drug-likeness (QED) is 0.645. The largest absolute Gasteiger partial charge is 0.166 e. The van der Waals surface area contributed by atoms with Crippen LogP contribution in [0.1, 0.15) is 0 Å². The Morgan fingerprint density at radius 1 is 1.25 bits per heavy atom. The molecule has 0 rings (SSSR count). The van der Waals surface area contributed by atoms with Crippen molar-refractivity contribution in [3.05, 3.63) is 0 Å². The Labute approximate surface area is 48.8 Å². The zero-order valence-corrected chi connectivity index (χ0v) is 6.02. The second-order valence-electron chi connectivity index (χ2n) is 0.0583. The van der Waals surface area contributed by atoms with Crippen molar-refractivity contribution in [1.82, 2.24) is 0 Å². The summed E-state index contributed by atoms with van der Waals surface area (Å²) in [7, 11) is 0. The first kappa shape index (κ1) is 8.97. The van der Waals surface area contributed by atoms with Gasteiger partial charge in [-0.3, -0.25) is 0 Å². The van der Waals surface area contributed by atoms with E-state index in [0.29, 0.717) is 0 Å². The summed E-state index contributed by atoms with van der Waals surface area (Å²) in [5.41, 5.74) is 0. The van der Waals surface area contributed by atoms with E-state index in [4.69, 9.17) is 0 Å². The fraction of sp³-hybridized carbons (Fsp3) is 0. The molecular formula is Cl2OW. The molecule has 0 aliphatic rings. The molecule has 0 N–H and O–H groups in total. The van der Waals surface area contributed by atoms with Gasteiger partial charge in [-0.05, 0) is 0 Å². The maximum absolute atomic E-state index is 4.26. The van der Waals surface area contributed by atoms with Gasteiger partial charge in [0.15, 0.2) is 0 Å². The predicted octanol–water partition coefficient (Wildman–Crippen LogP) is 1.31. The van der Waals surface area contributed by atoms with Crippen molar-refractivity contribution in [2.75, 3.05) is 0 Å². The summed E-state index contributed by atoms with van der Waals surface area (Å²) in [6, 6.07) is 0. The van der Waals surface area contributed by atoms with E-state index >= 15 is 0 Å². The summed E-state index contributed by atoms with van der Waals surface area (Å²) in [6.45, 7) is 0. The molecule has 0 aliphatic heterocycles. The summed E-state index contributed by atoms with van der Waals surface area (Å²) >= 11 is 8.53. The van der Waals surface area contributed by atoms with Crippen LogP contribution in [0, 0.1) is 0 Å². The molecule has 0 saturated carbocycles. The molecule has 0 spiro atoms. The maximum Gasteiger partial charge on any atom is 0.0832 e. The van der Waals surface area contributed by atoms with E-state index < -0.39 is 0 Å². The van der Waals surface area contributed by atoms with Gasteiger partial charge in [0.2, 0.25) is 0 Å². The van der Waals surface area contributed by atoms with Crippen molar-refractivity contribution in [2.45, 2.75) is 0 Å². The average molecular weight is 271 g/mol. The normalized spacial score (nSPS) is 4.50. The molecule has 0 heterocycles. The zero-order chi connectivity index (χ0) is 2.71. The van der Waals surface area contributed by atoms with Crippen LogP contribution in [0.15, 0.2) is 0 Å². The van der Waals surface area contributed by atoms with Crippen LogP contribution in [0.5, 0.6) is 0 Å². The first-order valence-electron chi connectivity index (χ1n) is 0.309. The number of rotatable bonds is 0. The predicted molar refractivity (Wildman–Crippen MR) is 12.8 cm³/mol. The standard InChI is InChI=1S/Cl2O.W/c1-3-2;. The van der Waals surface area contributed by atoms with Crippen molar-refractivity contribution < 1.29 is 24.9 Å². The molecule has 26 valence electrons. The van der Waals surface area contributed by atoms with E-state index in [-0.39, 0.29) is 21.1 Å². The van der Waals surface area contributed by atoms with Crippen LogP contribution >= 0.6 is 23.7 Å². The molecule has 0 atom stereocenters. The van der Waals surface area contributed by atoms with Gasteiger partial charge in [-0.1, -0.05) is 0 Å². The van der Waals surface area contributed by atoms with E-state index in [1.807, 2.05) is 0 Å². The number of hydrogen-bond acceptors (Lipinski definition) is 1. The van der Waals surface area contributed by atoms with Gasteiger partial charge in [0, 0.05) is 21.1 Å². The van der Waals surface area contributed by atoms with Gasteiger partial charge >= 0.3 is 0 Å². The summed E-state index contributed by atoms with van der Waals surface area (Å²) in [4.78, 5) is 0. The maximum atomic E-state index is 4.26. The summed E-state index contributed by atoms with van der Waals surface area (Å²) < 4.78 is 3.19. The fourth-order valence-corrected chi connectivity index (χ4v) is 0. The Morgan fingerprint density at radius 2 is 1.25 bits per heavy atom. The molecule has 0 aromatic heterocycles. The minimum absolute atomic E-state index is 0. The van der Waals surface area contributed by atoms with Gasteiger partial charge in [0.05, 0.1) is 23.7 Å². The molecule has 4 heteroatoms. The molecule has 1 nitrogen and oxygen atoms in total. The summed E-state index contributed by atoms with van der Waals surface area (Å²) in [5.74, 6) is 0. The fourth-order valence-electron chi connectivity index (χ4n) is 0. The minimum Gasteiger partial charge on any atom is -0.166 e. The first-order chi connectivity index (χ1) is 1.41. The van der Waals surface area contributed by atoms with Gasteiger partial charge in [-0.15, -0.1) is 0 Å². The SMILES string of the molecule is ClOCl.[W]. The van der Waals surface area contributed by atoms with Crippen LogP contribution in [-0.2, 0) is 24.9 Å². The molecular weight excluding hydrogens is 271 g/mol. The third-order valence-corrected chi connectivity index (χ3v) is 0. The Balaban J connectivity index is 0. The van der Waals surface area contributed by atoms with Gasteiger partial charge in [0.25, 0.3) is 0 Å². The summed E-state index contributed by atoms with van der Waals surface area (Å²) in [6.07, 6.45) is 0. The van der Waals surface area contributed by atoms with Crippen LogP contribution < -0.4 is 0 Å². The minimum atomic E-state index is 0. The second-order valence-corrected chi connectivity index (χ2v) is 0.525. The molecule has 0 bridgehead atoms. The van der Waals surface area contributed by atoms with E-state index in [0.717, 1.165) is 0 Å². The molecule has 0 aromatic carbocycles. The van der Waals surface area contributed by atoms with Crippen LogP contribution in [0.4, 0.5) is 0 Å². The van der Waals surface area contributed by atoms with Crippen LogP contribution in [0.2, 0.25) is 0 Å². The van der Waals surface area contributed by atoms with Gasteiger partial charge in [-0.25, -0.2) is 0 Å². The van der Waals surface area contributed by atoms with Crippen LogP contribution in [-0.4, -0.2) is 0 Å². The molecule has 0 fully saturated rings. The third kappa shape index (κ3) is 10.6. The Morgan fingerprint density at radius 3 is 1.25 bits per heavy atom. The van der Waals surface area contributed by atoms with E-state index in [2.05, 4.69) is 27.6 Å². The molecule has 0 unspecified atom stereocenters. The Hall–Kier alpha value is 1.23. The van der Waals surface area contributed by atoms with Gasteiger partial charge in [-0.2, -0.15) is 3.84 Å². The van der Waals surface area contributed by atoms with Gasteiger partial charge in [0.1, 0.15) is 0 Å². The topological polar surface area (TPSA) is 9.23 Å². The first-order valence-corrected chi connectivity index (χ1v) is 0.926. The third-order valence-electron chi connectivity index (χ3n) is 0. The number of halogens is 2. The zero-order valence-electron chi connectivity index (χ0n) is 1.57. The van der Waals surface area contributed by atoms with Crippen molar-refractivity contribution in [1.29, 1.82) is 0 Å². The van der Waals surface area contributed by atoms with Crippen molar-refractivity contribution in [3.63, 3.8) is 0 Å².